The first-order chi connectivity index (χ1) is 3.42. The number of rotatable bonds is 1. The fraction of sp³-hybridized carbons (Fsp3) is 1.00. The quantitative estimate of drug-likeness (QED) is 0.511. The van der Waals surface area contributed by atoms with Gasteiger partial charge in [-0.2, -0.15) is 0 Å². The van der Waals surface area contributed by atoms with Gasteiger partial charge >= 0.3 is 0 Å². The van der Waals surface area contributed by atoms with Gasteiger partial charge in [0.15, 0.2) is 0 Å². The van der Waals surface area contributed by atoms with Gasteiger partial charge in [0.05, 0.1) is 0 Å². The van der Waals surface area contributed by atoms with E-state index in [1.807, 2.05) is 0 Å². The Bertz CT molecular complexity index is 103. The maximum absolute atomic E-state index is 4.59. The molecule has 0 spiro atoms. The van der Waals surface area contributed by atoms with Crippen molar-refractivity contribution >= 4 is 15.1 Å². The van der Waals surface area contributed by atoms with Crippen molar-refractivity contribution in [1.29, 1.82) is 0 Å². The highest BCUT2D eigenvalue weighted by Crippen LogP contribution is 2.46. The molecule has 0 heterocycles. The molecule has 0 radical (unpaired) electrons. The molecule has 0 atom stereocenters. The van der Waals surface area contributed by atoms with Crippen molar-refractivity contribution in [3.8, 4) is 0 Å². The number of hydrogen-bond acceptors (Lipinski definition) is 1. The number of hydrogen-bond donors (Lipinski definition) is 0. The van der Waals surface area contributed by atoms with Crippen LogP contribution in [0.3, 0.4) is 0 Å². The van der Waals surface area contributed by atoms with E-state index in [0.29, 0.717) is 0 Å². The maximum atomic E-state index is 4.59. The molecule has 0 aliphatic heterocycles. The third kappa shape index (κ3) is 6.66. The van der Waals surface area contributed by atoms with Gasteiger partial charge in [-0.1, -0.05) is 0 Å². The highest BCUT2D eigenvalue weighted by Gasteiger charge is 1.94. The Hall–Kier alpha value is 0.660. The molecular weight excluding hydrogens is 136 g/mol. The number of nitrogens with zero attached hydrogens (tertiary/aromatic N) is 1. The first kappa shape index (κ1) is 8.66. The van der Waals surface area contributed by atoms with Gasteiger partial charge in [-0.3, -0.25) is 4.52 Å². The van der Waals surface area contributed by atoms with Crippen LogP contribution in [-0.4, -0.2) is 33.3 Å². The molecule has 0 bridgehead atoms. The molecule has 50 valence electrons. The zero-order chi connectivity index (χ0) is 6.78. The average molecular weight is 151 g/mol. The third-order valence-electron chi connectivity index (χ3n) is 0.447. The van der Waals surface area contributed by atoms with Crippen molar-refractivity contribution in [3.63, 3.8) is 0 Å². The van der Waals surface area contributed by atoms with Crippen LogP contribution in [0.5, 0.6) is 0 Å². The molecule has 0 aromatic rings. The lowest BCUT2D eigenvalue weighted by Crippen LogP contribution is -1.67. The molecule has 0 saturated carbocycles. The fourth-order valence-electron chi connectivity index (χ4n) is 0.537. The highest BCUT2D eigenvalue weighted by molar-refractivity contribution is 7.71. The second kappa shape index (κ2) is 2.99. The summed E-state index contributed by atoms with van der Waals surface area (Å²) in [7, 11) is -0.832. The average Bonchev–Trinajstić information content (AvgIpc) is 1.21. The minimum atomic E-state index is -0.818. The van der Waals surface area contributed by atoms with Crippen LogP contribution in [0.4, 0.5) is 0 Å². The maximum Gasteiger partial charge on any atom is 0.00744 e. The lowest BCUT2D eigenvalue weighted by molar-refractivity contribution is 1.83. The van der Waals surface area contributed by atoms with E-state index in [1.165, 1.54) is 0 Å². The van der Waals surface area contributed by atoms with Crippen LogP contribution in [0.2, 0.25) is 0 Å². The zero-order valence-corrected chi connectivity index (χ0v) is 8.13. The second-order valence-electron chi connectivity index (χ2n) is 2.88. The Morgan fingerprint density at radius 2 is 1.50 bits per heavy atom. The first-order valence-corrected chi connectivity index (χ1v) is 7.91. The zero-order valence-electron chi connectivity index (χ0n) is 6.34. The van der Waals surface area contributed by atoms with Crippen LogP contribution in [-0.2, 0) is 0 Å². The molecule has 1 nitrogen and oxygen atoms in total. The van der Waals surface area contributed by atoms with Crippen LogP contribution in [0.1, 0.15) is 0 Å². The van der Waals surface area contributed by atoms with Crippen LogP contribution in [0.25, 0.3) is 0 Å². The van der Waals surface area contributed by atoms with Gasteiger partial charge in [0.2, 0.25) is 0 Å². The smallest absolute Gasteiger partial charge is 0.00744 e. The normalized spacial score (nSPS) is 12.2. The molecule has 0 aliphatic carbocycles. The van der Waals surface area contributed by atoms with E-state index in [1.54, 1.807) is 0 Å². The van der Waals surface area contributed by atoms with E-state index in [2.05, 4.69) is 37.8 Å². The summed E-state index contributed by atoms with van der Waals surface area (Å²) in [6, 6.07) is 0. The Morgan fingerprint density at radius 1 is 1.12 bits per heavy atom. The predicted octanol–water partition coefficient (Wildman–Crippen LogP) is 2.73. The van der Waals surface area contributed by atoms with Gasteiger partial charge < -0.3 is 0 Å². The second-order valence-corrected chi connectivity index (χ2v) is 9.17. The summed E-state index contributed by atoms with van der Waals surface area (Å²) in [5.74, 6) is 0. The van der Waals surface area contributed by atoms with Crippen LogP contribution in [0, 0.1) is 0 Å². The molecule has 0 aromatic carbocycles. The van der Waals surface area contributed by atoms with Crippen molar-refractivity contribution in [1.82, 2.24) is 0 Å². The highest BCUT2D eigenvalue weighted by atomic mass is 31.2. The molecule has 0 aromatic heterocycles. The third-order valence-corrected chi connectivity index (χ3v) is 4.02. The Morgan fingerprint density at radius 3 is 1.50 bits per heavy atom. The molecule has 8 heavy (non-hydrogen) atoms. The van der Waals surface area contributed by atoms with Crippen molar-refractivity contribution in [3.05, 3.63) is 0 Å². The van der Waals surface area contributed by atoms with E-state index in [4.69, 9.17) is 0 Å². The topological polar surface area (TPSA) is 12.4 Å². The van der Waals surface area contributed by atoms with Gasteiger partial charge in [0.1, 0.15) is 0 Å². The van der Waals surface area contributed by atoms with Crippen molar-refractivity contribution in [2.75, 3.05) is 33.3 Å². The minimum Gasteiger partial charge on any atom is -0.281 e. The Balaban J connectivity index is 3.95. The summed E-state index contributed by atoms with van der Waals surface area (Å²) < 4.78 is 4.59. The van der Waals surface area contributed by atoms with Gasteiger partial charge in [-0.05, 0) is 40.4 Å². The summed E-state index contributed by atoms with van der Waals surface area (Å²) >= 11 is 0. The fourth-order valence-corrected chi connectivity index (χ4v) is 4.83. The molecular formula is C5H15NP2. The Labute approximate surface area is 53.7 Å². The Kier molecular flexibility index (Phi) is 3.24. The van der Waals surface area contributed by atoms with Crippen LogP contribution >= 0.6 is 15.1 Å². The van der Waals surface area contributed by atoms with E-state index >= 15 is 0 Å². The van der Waals surface area contributed by atoms with E-state index in [-0.39, 0.29) is 8.07 Å². The van der Waals surface area contributed by atoms with Crippen LogP contribution < -0.4 is 0 Å². The first-order valence-electron chi connectivity index (χ1n) is 2.64. The van der Waals surface area contributed by atoms with Gasteiger partial charge in [0.25, 0.3) is 0 Å². The largest absolute Gasteiger partial charge is 0.281 e. The molecule has 0 aliphatic rings. The van der Waals surface area contributed by atoms with E-state index in [9.17, 15) is 0 Å². The van der Waals surface area contributed by atoms with Gasteiger partial charge in [-0.25, -0.2) is 0 Å². The van der Waals surface area contributed by atoms with Crippen molar-refractivity contribution < 1.29 is 0 Å². The molecule has 0 fully saturated rings. The van der Waals surface area contributed by atoms with Gasteiger partial charge in [0, 0.05) is 8.07 Å². The molecule has 0 N–H and O–H groups in total. The summed E-state index contributed by atoms with van der Waals surface area (Å²) in [5, 5.41) is 0. The summed E-state index contributed by atoms with van der Waals surface area (Å²) in [5.41, 5.74) is 0. The molecule has 3 heteroatoms. The molecule has 0 amide bonds. The molecule has 0 unspecified atom stereocenters. The SMILES string of the molecule is CP(C)N=P(C)(C)C. The summed E-state index contributed by atoms with van der Waals surface area (Å²) in [4.78, 5) is 0. The molecule has 0 rings (SSSR count). The minimum absolute atomic E-state index is 0.0141. The van der Waals surface area contributed by atoms with Crippen molar-refractivity contribution in [2.45, 2.75) is 0 Å². The lowest BCUT2D eigenvalue weighted by Gasteiger charge is -2.07. The monoisotopic (exact) mass is 151 g/mol. The van der Waals surface area contributed by atoms with Gasteiger partial charge in [-0.15, -0.1) is 0 Å². The molecule has 0 saturated heterocycles. The standard InChI is InChI=1S/C5H15NP2/c1-7(2)6-8(3,4)5/h1-5H3. The van der Waals surface area contributed by atoms with E-state index < -0.39 is 7.05 Å². The van der Waals surface area contributed by atoms with Crippen molar-refractivity contribution in [2.24, 2.45) is 4.52 Å². The van der Waals surface area contributed by atoms with Crippen LogP contribution in [0.15, 0.2) is 4.52 Å². The predicted molar refractivity (Wildman–Crippen MR) is 45.9 cm³/mol. The lowest BCUT2D eigenvalue weighted by atomic mass is 11.9. The summed E-state index contributed by atoms with van der Waals surface area (Å²) in [6.07, 6.45) is 0. The summed E-state index contributed by atoms with van der Waals surface area (Å²) in [6.45, 7) is 11.1. The van der Waals surface area contributed by atoms with E-state index in [0.717, 1.165) is 0 Å².